The molecule has 0 radical (unpaired) electrons. The zero-order chi connectivity index (χ0) is 22.3. The Labute approximate surface area is 179 Å². The minimum atomic E-state index is -4.54. The lowest BCUT2D eigenvalue weighted by atomic mass is 10.2. The maximum Gasteiger partial charge on any atom is 0.416 e. The van der Waals surface area contributed by atoms with Crippen molar-refractivity contribution >= 4 is 52.4 Å². The van der Waals surface area contributed by atoms with Crippen LogP contribution in [0, 0.1) is 0 Å². The van der Waals surface area contributed by atoms with Gasteiger partial charge in [0.2, 0.25) is 5.91 Å². The van der Waals surface area contributed by atoms with Gasteiger partial charge in [-0.15, -0.1) is 0 Å². The van der Waals surface area contributed by atoms with Crippen molar-refractivity contribution in [2.45, 2.75) is 19.0 Å². The molecule has 2 aromatic carbocycles. The van der Waals surface area contributed by atoms with Crippen molar-refractivity contribution in [1.82, 2.24) is 0 Å². The topological polar surface area (TPSA) is 84.5 Å². The number of amides is 2. The summed E-state index contributed by atoms with van der Waals surface area (Å²) in [7, 11) is 0. The fourth-order valence-electron chi connectivity index (χ4n) is 2.20. The molecule has 2 aromatic rings. The maximum absolute atomic E-state index is 12.7. The maximum atomic E-state index is 12.7. The van der Waals surface area contributed by atoms with E-state index in [0.717, 1.165) is 18.2 Å². The number of hydrogen-bond donors (Lipinski definition) is 2. The highest BCUT2D eigenvalue weighted by atomic mass is 35.5. The van der Waals surface area contributed by atoms with Gasteiger partial charge in [0.1, 0.15) is 0 Å². The fraction of sp³-hybridized carbons (Fsp3) is 0.211. The number of halogens is 5. The third-order valence-corrected chi connectivity index (χ3v) is 4.34. The Kier molecular flexibility index (Phi) is 8.08. The lowest BCUT2D eigenvalue weighted by molar-refractivity contribution is -0.147. The Balaban J connectivity index is 1.74. The third kappa shape index (κ3) is 7.57. The molecule has 6 nitrogen and oxygen atoms in total. The van der Waals surface area contributed by atoms with Gasteiger partial charge in [-0.1, -0.05) is 29.3 Å². The van der Waals surface area contributed by atoms with Crippen LogP contribution in [0.1, 0.15) is 18.4 Å². The molecule has 0 atom stereocenters. The predicted molar refractivity (Wildman–Crippen MR) is 105 cm³/mol. The molecule has 160 valence electrons. The number of carbonyl (C=O) groups is 3. The Morgan fingerprint density at radius 1 is 0.867 bits per heavy atom. The van der Waals surface area contributed by atoms with Crippen molar-refractivity contribution in [1.29, 1.82) is 0 Å². The van der Waals surface area contributed by atoms with Crippen LogP contribution in [0.2, 0.25) is 10.0 Å². The van der Waals surface area contributed by atoms with E-state index < -0.39 is 36.1 Å². The SMILES string of the molecule is O=C(CCC(=O)OCC(=O)Nc1ccc(Cl)c(Cl)c1)Nc1cccc(C(F)(F)F)c1. The molecular formula is C19H15Cl2F3N2O4. The van der Waals surface area contributed by atoms with Crippen molar-refractivity contribution in [2.75, 3.05) is 17.2 Å². The molecule has 0 spiro atoms. The van der Waals surface area contributed by atoms with Gasteiger partial charge in [0.05, 0.1) is 22.0 Å². The zero-order valence-electron chi connectivity index (χ0n) is 15.2. The molecule has 2 rings (SSSR count). The molecular weight excluding hydrogens is 448 g/mol. The molecule has 0 aliphatic heterocycles. The van der Waals surface area contributed by atoms with Crippen LogP contribution in [0.3, 0.4) is 0 Å². The van der Waals surface area contributed by atoms with Gasteiger partial charge in [-0.2, -0.15) is 13.2 Å². The second-order valence-corrected chi connectivity index (χ2v) is 6.78. The number of benzene rings is 2. The summed E-state index contributed by atoms with van der Waals surface area (Å²) in [4.78, 5) is 35.3. The van der Waals surface area contributed by atoms with Crippen molar-refractivity contribution in [3.63, 3.8) is 0 Å². The molecule has 0 bridgehead atoms. The van der Waals surface area contributed by atoms with E-state index in [1.54, 1.807) is 0 Å². The van der Waals surface area contributed by atoms with E-state index in [9.17, 15) is 27.6 Å². The first-order valence-corrected chi connectivity index (χ1v) is 9.18. The highest BCUT2D eigenvalue weighted by Gasteiger charge is 2.30. The fourth-order valence-corrected chi connectivity index (χ4v) is 2.50. The summed E-state index contributed by atoms with van der Waals surface area (Å²) in [5, 5.41) is 5.26. The molecule has 0 aliphatic carbocycles. The minimum Gasteiger partial charge on any atom is -0.456 e. The number of carbonyl (C=O) groups excluding carboxylic acids is 3. The van der Waals surface area contributed by atoms with Gasteiger partial charge in [-0.05, 0) is 36.4 Å². The Bertz CT molecular complexity index is 952. The van der Waals surface area contributed by atoms with E-state index in [1.807, 2.05) is 0 Å². The highest BCUT2D eigenvalue weighted by molar-refractivity contribution is 6.42. The Morgan fingerprint density at radius 3 is 2.20 bits per heavy atom. The Morgan fingerprint density at radius 2 is 1.53 bits per heavy atom. The average Bonchev–Trinajstić information content (AvgIpc) is 2.67. The molecule has 0 aliphatic rings. The molecule has 0 aromatic heterocycles. The zero-order valence-corrected chi connectivity index (χ0v) is 16.7. The van der Waals surface area contributed by atoms with Gasteiger partial charge in [0, 0.05) is 17.8 Å². The second-order valence-electron chi connectivity index (χ2n) is 5.96. The number of anilines is 2. The largest absolute Gasteiger partial charge is 0.456 e. The monoisotopic (exact) mass is 462 g/mol. The third-order valence-electron chi connectivity index (χ3n) is 3.60. The number of hydrogen-bond acceptors (Lipinski definition) is 4. The normalized spacial score (nSPS) is 11.0. The summed E-state index contributed by atoms with van der Waals surface area (Å²) in [6.45, 7) is -0.589. The van der Waals surface area contributed by atoms with E-state index in [4.69, 9.17) is 27.9 Å². The quantitative estimate of drug-likeness (QED) is 0.572. The van der Waals surface area contributed by atoms with Crippen LogP contribution in [0.25, 0.3) is 0 Å². The van der Waals surface area contributed by atoms with E-state index in [-0.39, 0.29) is 23.6 Å². The highest BCUT2D eigenvalue weighted by Crippen LogP contribution is 2.30. The number of nitrogens with one attached hydrogen (secondary N) is 2. The molecule has 30 heavy (non-hydrogen) atoms. The summed E-state index contributed by atoms with van der Waals surface area (Å²) in [6, 6.07) is 8.50. The predicted octanol–water partition coefficient (Wildman–Crippen LogP) is 4.91. The molecule has 0 saturated carbocycles. The Hall–Kier alpha value is -2.78. The number of esters is 1. The van der Waals surface area contributed by atoms with Gasteiger partial charge in [-0.3, -0.25) is 14.4 Å². The van der Waals surface area contributed by atoms with E-state index >= 15 is 0 Å². The average molecular weight is 463 g/mol. The molecule has 0 fully saturated rings. The van der Waals surface area contributed by atoms with Crippen LogP contribution in [-0.4, -0.2) is 24.4 Å². The van der Waals surface area contributed by atoms with Crippen molar-refractivity contribution < 1.29 is 32.3 Å². The number of alkyl halides is 3. The molecule has 0 unspecified atom stereocenters. The van der Waals surface area contributed by atoms with Crippen LogP contribution >= 0.6 is 23.2 Å². The molecule has 0 heterocycles. The molecule has 11 heteroatoms. The lowest BCUT2D eigenvalue weighted by Gasteiger charge is -2.10. The molecule has 0 saturated heterocycles. The summed E-state index contributed by atoms with van der Waals surface area (Å²) in [6.07, 6.45) is -5.23. The number of rotatable bonds is 7. The smallest absolute Gasteiger partial charge is 0.416 e. The first kappa shape index (κ1) is 23.5. The molecule has 2 amide bonds. The van der Waals surface area contributed by atoms with Crippen molar-refractivity contribution in [3.05, 3.63) is 58.1 Å². The van der Waals surface area contributed by atoms with Gasteiger partial charge in [0.15, 0.2) is 6.61 Å². The lowest BCUT2D eigenvalue weighted by Crippen LogP contribution is -2.21. The van der Waals surface area contributed by atoms with Crippen LogP contribution < -0.4 is 10.6 Å². The van der Waals surface area contributed by atoms with Crippen LogP contribution in [0.5, 0.6) is 0 Å². The van der Waals surface area contributed by atoms with Gasteiger partial charge in [-0.25, -0.2) is 0 Å². The van der Waals surface area contributed by atoms with E-state index in [1.165, 1.54) is 24.3 Å². The summed E-state index contributed by atoms with van der Waals surface area (Å²) in [5.41, 5.74) is -0.609. The molecule has 2 N–H and O–H groups in total. The minimum absolute atomic E-state index is 0.0517. The van der Waals surface area contributed by atoms with Gasteiger partial charge in [0.25, 0.3) is 5.91 Å². The standard InChI is InChI=1S/C19H15Cl2F3N2O4/c20-14-5-4-13(9-15(14)21)26-17(28)10-30-18(29)7-6-16(27)25-12-3-1-2-11(8-12)19(22,23)24/h1-5,8-9H,6-7,10H2,(H,25,27)(H,26,28). The van der Waals surface area contributed by atoms with Gasteiger partial charge < -0.3 is 15.4 Å². The first-order chi connectivity index (χ1) is 14.0. The number of ether oxygens (including phenoxy) is 1. The summed E-state index contributed by atoms with van der Waals surface area (Å²) < 4.78 is 42.8. The van der Waals surface area contributed by atoms with Crippen molar-refractivity contribution in [3.8, 4) is 0 Å². The second kappa shape index (κ2) is 10.3. The van der Waals surface area contributed by atoms with Crippen LogP contribution in [0.4, 0.5) is 24.5 Å². The van der Waals surface area contributed by atoms with E-state index in [0.29, 0.717) is 10.7 Å². The first-order valence-electron chi connectivity index (χ1n) is 8.42. The van der Waals surface area contributed by atoms with E-state index in [2.05, 4.69) is 10.6 Å². The summed E-state index contributed by atoms with van der Waals surface area (Å²) in [5.74, 6) is -2.12. The van der Waals surface area contributed by atoms with Crippen molar-refractivity contribution in [2.24, 2.45) is 0 Å². The van der Waals surface area contributed by atoms with Crippen LogP contribution in [-0.2, 0) is 25.3 Å². The van der Waals surface area contributed by atoms with Gasteiger partial charge >= 0.3 is 12.1 Å². The summed E-state index contributed by atoms with van der Waals surface area (Å²) >= 11 is 11.6. The van der Waals surface area contributed by atoms with Crippen LogP contribution in [0.15, 0.2) is 42.5 Å².